The largest absolute Gasteiger partial charge is 0.497 e. The lowest BCUT2D eigenvalue weighted by Crippen LogP contribution is -2.71. The van der Waals surface area contributed by atoms with E-state index in [1.165, 1.54) is 26.2 Å². The van der Waals surface area contributed by atoms with Crippen LogP contribution in [0.15, 0.2) is 66.7 Å². The molecule has 0 spiro atoms. The number of hydrogen-bond acceptors (Lipinski definition) is 4. The summed E-state index contributed by atoms with van der Waals surface area (Å²) in [6.07, 6.45) is -4.93. The fourth-order valence-electron chi connectivity index (χ4n) is 3.41. The Labute approximate surface area is 199 Å². The first kappa shape index (κ1) is 25.7. The number of methoxy groups -OCH3 is 1. The Morgan fingerprint density at radius 2 is 1.77 bits per heavy atom. The van der Waals surface area contributed by atoms with Crippen molar-refractivity contribution < 1.29 is 37.1 Å². The molecule has 3 aromatic rings. The van der Waals surface area contributed by atoms with E-state index in [2.05, 4.69) is 0 Å². The zero-order valence-corrected chi connectivity index (χ0v) is 18.9. The van der Waals surface area contributed by atoms with E-state index in [-0.39, 0.29) is 11.6 Å². The molecular formula is C25H24F4N3O3+. The van der Waals surface area contributed by atoms with Gasteiger partial charge < -0.3 is 20.2 Å². The van der Waals surface area contributed by atoms with E-state index in [9.17, 15) is 22.4 Å². The molecule has 35 heavy (non-hydrogen) atoms. The van der Waals surface area contributed by atoms with Crippen LogP contribution in [-0.2, 0) is 4.79 Å². The number of halogens is 4. The molecule has 0 radical (unpaired) electrons. The number of alkyl halides is 3. The monoisotopic (exact) mass is 490 g/mol. The molecule has 184 valence electrons. The third-order valence-corrected chi connectivity index (χ3v) is 5.16. The number of amides is 1. The average Bonchev–Trinajstić information content (AvgIpc) is 2.83. The van der Waals surface area contributed by atoms with Crippen LogP contribution in [0.1, 0.15) is 24.2 Å². The van der Waals surface area contributed by atoms with E-state index in [0.717, 1.165) is 11.9 Å². The summed E-state index contributed by atoms with van der Waals surface area (Å²) >= 11 is 0. The maximum Gasteiger partial charge on any atom is 0.471 e. The summed E-state index contributed by atoms with van der Waals surface area (Å²) in [5.74, 6) is -1.70. The van der Waals surface area contributed by atoms with E-state index in [4.69, 9.17) is 14.9 Å². The standard InChI is InChI=1S/C25H23F4N3O3/c1-15(31-24(33)25(27,28)29)23(16-4-3-5-20(12-16)34-2)35-21-10-11-22(17(13-21)14-30)32-19-8-6-18(26)7-9-19/h3-15,23,30,32H,1-2H3,(H,31,33)/p+1. The minimum atomic E-state index is -5.04. The fourth-order valence-corrected chi connectivity index (χ4v) is 3.41. The van der Waals surface area contributed by atoms with Gasteiger partial charge >= 0.3 is 12.1 Å². The maximum atomic E-state index is 13.2. The summed E-state index contributed by atoms with van der Waals surface area (Å²) in [7, 11) is 1.45. The lowest BCUT2D eigenvalue weighted by atomic mass is 10.0. The van der Waals surface area contributed by atoms with Crippen molar-refractivity contribution in [3.8, 4) is 11.5 Å². The first-order chi connectivity index (χ1) is 16.6. The summed E-state index contributed by atoms with van der Waals surface area (Å²) in [6.45, 7) is 1.40. The molecular weight excluding hydrogens is 466 g/mol. The fraction of sp³-hybridized carbons (Fsp3) is 0.200. The first-order valence-electron chi connectivity index (χ1n) is 10.5. The van der Waals surface area contributed by atoms with Crippen LogP contribution >= 0.6 is 0 Å². The molecule has 0 bridgehead atoms. The average molecular weight is 490 g/mol. The molecule has 0 aromatic heterocycles. The van der Waals surface area contributed by atoms with Crippen LogP contribution < -0.4 is 20.1 Å². The lowest BCUT2D eigenvalue weighted by molar-refractivity contribution is -0.478. The van der Waals surface area contributed by atoms with Crippen molar-refractivity contribution in [3.05, 3.63) is 83.7 Å². The highest BCUT2D eigenvalue weighted by atomic mass is 19.4. The van der Waals surface area contributed by atoms with Crippen molar-refractivity contribution in [1.29, 1.82) is 5.41 Å². The number of ether oxygens (including phenoxy) is 2. The van der Waals surface area contributed by atoms with Gasteiger partial charge in [-0.05, 0) is 48.9 Å². The molecule has 0 aliphatic rings. The number of carbonyl (C=O) groups is 1. The predicted octanol–water partition coefficient (Wildman–Crippen LogP) is 4.55. The third-order valence-electron chi connectivity index (χ3n) is 5.16. The van der Waals surface area contributed by atoms with Crippen molar-refractivity contribution in [2.75, 3.05) is 7.11 Å². The zero-order chi connectivity index (χ0) is 25.6. The smallest absolute Gasteiger partial charge is 0.471 e. The third kappa shape index (κ3) is 6.80. The molecule has 3 aromatic carbocycles. The number of nitrogens with two attached hydrogens (primary N) is 1. The quantitative estimate of drug-likeness (QED) is 0.234. The van der Waals surface area contributed by atoms with Gasteiger partial charge in [-0.2, -0.15) is 13.2 Å². The maximum absolute atomic E-state index is 13.2. The second kappa shape index (κ2) is 11.0. The molecule has 4 N–H and O–H groups in total. The molecule has 10 heteroatoms. The van der Waals surface area contributed by atoms with E-state index in [1.54, 1.807) is 59.9 Å². The molecule has 6 nitrogen and oxygen atoms in total. The van der Waals surface area contributed by atoms with Crippen molar-refractivity contribution in [1.82, 2.24) is 5.32 Å². The molecule has 2 unspecified atom stereocenters. The highest BCUT2D eigenvalue weighted by molar-refractivity contribution is 5.84. The minimum Gasteiger partial charge on any atom is -0.497 e. The van der Waals surface area contributed by atoms with Crippen LogP contribution in [0.25, 0.3) is 0 Å². The Balaban J connectivity index is 1.90. The molecule has 0 heterocycles. The summed E-state index contributed by atoms with van der Waals surface area (Å²) in [5, 5.41) is 11.5. The number of hydrogen-bond donors (Lipinski definition) is 3. The molecule has 3 rings (SSSR count). The highest BCUT2D eigenvalue weighted by Gasteiger charge is 2.40. The van der Waals surface area contributed by atoms with Gasteiger partial charge in [0, 0.05) is 24.4 Å². The summed E-state index contributed by atoms with van der Waals surface area (Å²) in [5.41, 5.74) is 2.34. The Hall–Kier alpha value is -3.92. The Bertz CT molecular complexity index is 1180. The summed E-state index contributed by atoms with van der Waals surface area (Å²) in [4.78, 5) is 11.6. The van der Waals surface area contributed by atoms with Gasteiger partial charge in [-0.15, -0.1) is 0 Å². The van der Waals surface area contributed by atoms with Gasteiger partial charge in [0.15, 0.2) is 0 Å². The van der Waals surface area contributed by atoms with E-state index < -0.39 is 24.2 Å². The van der Waals surface area contributed by atoms with Crippen LogP contribution in [0.3, 0.4) is 0 Å². The van der Waals surface area contributed by atoms with Crippen LogP contribution in [0, 0.1) is 11.2 Å². The SMILES string of the molecule is COc1cccc(C(Oc2ccc([NH2+]c3ccc(F)cc3)c(C=N)c2)C(C)NC(=O)C(F)(F)F)c1. The number of nitrogens with one attached hydrogen (secondary N) is 2. The van der Waals surface area contributed by atoms with Crippen molar-refractivity contribution in [2.45, 2.75) is 25.2 Å². The van der Waals surface area contributed by atoms with Crippen LogP contribution in [0.4, 0.5) is 28.9 Å². The normalized spacial score (nSPS) is 13.0. The van der Waals surface area contributed by atoms with Crippen LogP contribution in [-0.4, -0.2) is 31.4 Å². The molecule has 2 atom stereocenters. The van der Waals surface area contributed by atoms with Gasteiger partial charge in [0.25, 0.3) is 0 Å². The van der Waals surface area contributed by atoms with Crippen molar-refractivity contribution in [2.24, 2.45) is 0 Å². The Kier molecular flexibility index (Phi) is 8.08. The number of rotatable bonds is 9. The van der Waals surface area contributed by atoms with Crippen LogP contribution in [0.5, 0.6) is 11.5 Å². The topological polar surface area (TPSA) is 88.0 Å². The second-order valence-corrected chi connectivity index (χ2v) is 7.71. The zero-order valence-electron chi connectivity index (χ0n) is 18.9. The molecule has 0 saturated carbocycles. The van der Waals surface area contributed by atoms with Crippen molar-refractivity contribution >= 4 is 23.5 Å². The van der Waals surface area contributed by atoms with Gasteiger partial charge in [0.05, 0.1) is 18.7 Å². The van der Waals surface area contributed by atoms with Gasteiger partial charge in [-0.25, -0.2) is 4.39 Å². The van der Waals surface area contributed by atoms with E-state index in [1.807, 2.05) is 5.32 Å². The summed E-state index contributed by atoms with van der Waals surface area (Å²) < 4.78 is 62.9. The van der Waals surface area contributed by atoms with E-state index in [0.29, 0.717) is 22.6 Å². The molecule has 0 aliphatic heterocycles. The molecule has 0 aliphatic carbocycles. The Morgan fingerprint density at radius 3 is 2.40 bits per heavy atom. The van der Waals surface area contributed by atoms with Crippen LogP contribution in [0.2, 0.25) is 0 Å². The second-order valence-electron chi connectivity index (χ2n) is 7.71. The number of quaternary nitrogens is 1. The first-order valence-corrected chi connectivity index (χ1v) is 10.5. The van der Waals surface area contributed by atoms with Gasteiger partial charge in [-0.3, -0.25) is 10.1 Å². The highest BCUT2D eigenvalue weighted by Crippen LogP contribution is 2.30. The summed E-state index contributed by atoms with van der Waals surface area (Å²) in [6, 6.07) is 16.2. The molecule has 0 saturated heterocycles. The molecule has 0 fully saturated rings. The van der Waals surface area contributed by atoms with Gasteiger partial charge in [-0.1, -0.05) is 12.1 Å². The predicted molar refractivity (Wildman–Crippen MR) is 122 cm³/mol. The Morgan fingerprint density at radius 1 is 1.06 bits per heavy atom. The van der Waals surface area contributed by atoms with E-state index >= 15 is 0 Å². The number of carbonyl (C=O) groups excluding carboxylic acids is 1. The minimum absolute atomic E-state index is 0.278. The molecule has 1 amide bonds. The van der Waals surface area contributed by atoms with Gasteiger partial charge in [0.1, 0.15) is 34.8 Å². The number of benzene rings is 3. The van der Waals surface area contributed by atoms with Crippen molar-refractivity contribution in [3.63, 3.8) is 0 Å². The lowest BCUT2D eigenvalue weighted by Gasteiger charge is -2.27. The van der Waals surface area contributed by atoms with Gasteiger partial charge in [0.2, 0.25) is 0 Å².